The smallest absolute Gasteiger partial charge is 0.165 e. The molecule has 3 aromatic carbocycles. The van der Waals surface area contributed by atoms with Crippen molar-refractivity contribution >= 4 is 10.9 Å². The molecule has 0 saturated heterocycles. The summed E-state index contributed by atoms with van der Waals surface area (Å²) in [6, 6.07) is 19.0. The fraction of sp³-hybridized carbons (Fsp3) is 0.0500. The standard InChI is InChI=1S/C20H15FN2O/c1-13-3-2-4-15(9-13)14-5-7-17(8-6-14)23-19-11-20(24)18(21)10-16(19)12-22-23/h2-12,24H,1H3. The van der Waals surface area contributed by atoms with Gasteiger partial charge in [-0.05, 0) is 36.2 Å². The van der Waals surface area contributed by atoms with Crippen molar-refractivity contribution in [1.82, 2.24) is 9.78 Å². The van der Waals surface area contributed by atoms with Gasteiger partial charge in [0, 0.05) is 11.5 Å². The van der Waals surface area contributed by atoms with Gasteiger partial charge >= 0.3 is 0 Å². The Balaban J connectivity index is 1.77. The predicted octanol–water partition coefficient (Wildman–Crippen LogP) is 4.85. The molecule has 0 aliphatic carbocycles. The molecule has 3 nitrogen and oxygen atoms in total. The third kappa shape index (κ3) is 2.42. The molecule has 0 atom stereocenters. The summed E-state index contributed by atoms with van der Waals surface area (Å²) >= 11 is 0. The topological polar surface area (TPSA) is 38.0 Å². The van der Waals surface area contributed by atoms with Crippen molar-refractivity contribution in [2.45, 2.75) is 6.92 Å². The fourth-order valence-electron chi connectivity index (χ4n) is 2.86. The first kappa shape index (κ1) is 14.5. The van der Waals surface area contributed by atoms with Crippen LogP contribution in [0.5, 0.6) is 5.75 Å². The zero-order chi connectivity index (χ0) is 16.7. The minimum absolute atomic E-state index is 0.374. The van der Waals surface area contributed by atoms with Gasteiger partial charge in [-0.3, -0.25) is 0 Å². The maximum atomic E-state index is 13.4. The van der Waals surface area contributed by atoms with Crippen LogP contribution in [-0.4, -0.2) is 14.9 Å². The van der Waals surface area contributed by atoms with Crippen LogP contribution in [-0.2, 0) is 0 Å². The third-order valence-electron chi connectivity index (χ3n) is 4.10. The number of aryl methyl sites for hydroxylation is 1. The van der Waals surface area contributed by atoms with Gasteiger partial charge in [0.15, 0.2) is 11.6 Å². The molecular formula is C20H15FN2O. The van der Waals surface area contributed by atoms with Gasteiger partial charge in [-0.15, -0.1) is 0 Å². The van der Waals surface area contributed by atoms with Crippen molar-refractivity contribution < 1.29 is 9.50 Å². The summed E-state index contributed by atoms with van der Waals surface area (Å²) < 4.78 is 15.1. The average Bonchev–Trinajstić information content (AvgIpc) is 2.98. The molecule has 0 aliphatic rings. The molecule has 1 N–H and O–H groups in total. The van der Waals surface area contributed by atoms with E-state index < -0.39 is 5.82 Å². The second kappa shape index (κ2) is 5.49. The van der Waals surface area contributed by atoms with Crippen LogP contribution in [0.15, 0.2) is 66.9 Å². The molecule has 24 heavy (non-hydrogen) atoms. The van der Waals surface area contributed by atoms with Gasteiger partial charge in [0.2, 0.25) is 0 Å². The zero-order valence-corrected chi connectivity index (χ0v) is 13.1. The van der Waals surface area contributed by atoms with Crippen LogP contribution >= 0.6 is 0 Å². The molecule has 4 aromatic rings. The van der Waals surface area contributed by atoms with E-state index in [2.05, 4.69) is 30.2 Å². The first-order chi connectivity index (χ1) is 11.6. The number of aromatic hydroxyl groups is 1. The minimum Gasteiger partial charge on any atom is -0.505 e. The average molecular weight is 318 g/mol. The number of aromatic nitrogens is 2. The molecule has 1 heterocycles. The maximum Gasteiger partial charge on any atom is 0.165 e. The highest BCUT2D eigenvalue weighted by atomic mass is 19.1. The summed E-state index contributed by atoms with van der Waals surface area (Å²) in [5, 5.41) is 14.6. The molecule has 4 heteroatoms. The Morgan fingerprint density at radius 1 is 0.958 bits per heavy atom. The van der Waals surface area contributed by atoms with Crippen LogP contribution in [0, 0.1) is 12.7 Å². The van der Waals surface area contributed by atoms with Gasteiger partial charge in [-0.25, -0.2) is 9.07 Å². The Morgan fingerprint density at radius 2 is 1.75 bits per heavy atom. The van der Waals surface area contributed by atoms with E-state index >= 15 is 0 Å². The van der Waals surface area contributed by atoms with Crippen LogP contribution in [0.1, 0.15) is 5.56 Å². The number of nitrogens with zero attached hydrogens (tertiary/aromatic N) is 2. The van der Waals surface area contributed by atoms with E-state index in [1.54, 1.807) is 10.9 Å². The molecule has 0 fully saturated rings. The monoisotopic (exact) mass is 318 g/mol. The summed E-state index contributed by atoms with van der Waals surface area (Å²) in [5.74, 6) is -1.02. The van der Waals surface area contributed by atoms with E-state index in [0.29, 0.717) is 10.9 Å². The van der Waals surface area contributed by atoms with Crippen molar-refractivity contribution in [2.24, 2.45) is 0 Å². The number of phenolic OH excluding ortho intramolecular Hbond substituents is 1. The highest BCUT2D eigenvalue weighted by Crippen LogP contribution is 2.27. The van der Waals surface area contributed by atoms with Crippen molar-refractivity contribution in [2.75, 3.05) is 0 Å². The van der Waals surface area contributed by atoms with Crippen molar-refractivity contribution in [3.05, 3.63) is 78.2 Å². The molecule has 0 radical (unpaired) electrons. The fourth-order valence-corrected chi connectivity index (χ4v) is 2.86. The molecule has 0 aliphatic heterocycles. The lowest BCUT2D eigenvalue weighted by Gasteiger charge is -2.07. The Labute approximate surface area is 138 Å². The maximum absolute atomic E-state index is 13.4. The number of benzene rings is 3. The molecule has 0 bridgehead atoms. The molecule has 0 spiro atoms. The Hall–Kier alpha value is -3.14. The van der Waals surface area contributed by atoms with E-state index in [0.717, 1.165) is 16.8 Å². The van der Waals surface area contributed by atoms with Gasteiger partial charge in [0.1, 0.15) is 0 Å². The first-order valence-electron chi connectivity index (χ1n) is 7.65. The number of hydrogen-bond donors (Lipinski definition) is 1. The molecule has 0 unspecified atom stereocenters. The Bertz CT molecular complexity index is 1040. The summed E-state index contributed by atoms with van der Waals surface area (Å²) in [7, 11) is 0. The Morgan fingerprint density at radius 3 is 2.50 bits per heavy atom. The molecular weight excluding hydrogens is 303 g/mol. The van der Waals surface area contributed by atoms with Crippen molar-refractivity contribution in [3.63, 3.8) is 0 Å². The summed E-state index contributed by atoms with van der Waals surface area (Å²) in [6.45, 7) is 2.07. The summed E-state index contributed by atoms with van der Waals surface area (Å²) in [5.41, 5.74) is 5.01. The summed E-state index contributed by atoms with van der Waals surface area (Å²) in [6.07, 6.45) is 1.59. The van der Waals surface area contributed by atoms with Gasteiger partial charge in [0.05, 0.1) is 17.4 Å². The van der Waals surface area contributed by atoms with Crippen LogP contribution < -0.4 is 0 Å². The van der Waals surface area contributed by atoms with E-state index in [9.17, 15) is 9.50 Å². The van der Waals surface area contributed by atoms with Crippen LogP contribution in [0.25, 0.3) is 27.7 Å². The lowest BCUT2D eigenvalue weighted by Crippen LogP contribution is -1.95. The molecule has 0 saturated carbocycles. The normalized spacial score (nSPS) is 11.1. The second-order valence-electron chi connectivity index (χ2n) is 5.84. The van der Waals surface area contributed by atoms with Gasteiger partial charge < -0.3 is 5.11 Å². The number of rotatable bonds is 2. The van der Waals surface area contributed by atoms with Gasteiger partial charge in [-0.2, -0.15) is 5.10 Å². The predicted molar refractivity (Wildman–Crippen MR) is 92.9 cm³/mol. The van der Waals surface area contributed by atoms with Crippen LogP contribution in [0.4, 0.5) is 4.39 Å². The van der Waals surface area contributed by atoms with Gasteiger partial charge in [0.25, 0.3) is 0 Å². The third-order valence-corrected chi connectivity index (χ3v) is 4.10. The highest BCUT2D eigenvalue weighted by molar-refractivity contribution is 5.82. The second-order valence-corrected chi connectivity index (χ2v) is 5.84. The molecule has 4 rings (SSSR count). The van der Waals surface area contributed by atoms with Crippen molar-refractivity contribution in [3.8, 4) is 22.6 Å². The molecule has 1 aromatic heterocycles. The largest absolute Gasteiger partial charge is 0.505 e. The lowest BCUT2D eigenvalue weighted by atomic mass is 10.0. The lowest BCUT2D eigenvalue weighted by molar-refractivity contribution is 0.433. The van der Waals surface area contributed by atoms with Gasteiger partial charge in [-0.1, -0.05) is 42.0 Å². The highest BCUT2D eigenvalue weighted by Gasteiger charge is 2.10. The number of hydrogen-bond acceptors (Lipinski definition) is 2. The molecule has 118 valence electrons. The number of phenols is 1. The SMILES string of the molecule is Cc1cccc(-c2ccc(-n3ncc4cc(F)c(O)cc43)cc2)c1. The molecule has 0 amide bonds. The van der Waals surface area contributed by atoms with Crippen LogP contribution in [0.2, 0.25) is 0 Å². The number of halogens is 1. The van der Waals surface area contributed by atoms with E-state index in [1.807, 2.05) is 30.3 Å². The van der Waals surface area contributed by atoms with E-state index in [4.69, 9.17) is 0 Å². The van der Waals surface area contributed by atoms with Crippen molar-refractivity contribution in [1.29, 1.82) is 0 Å². The summed E-state index contributed by atoms with van der Waals surface area (Å²) in [4.78, 5) is 0. The Kier molecular flexibility index (Phi) is 3.31. The van der Waals surface area contributed by atoms with E-state index in [-0.39, 0.29) is 5.75 Å². The van der Waals surface area contributed by atoms with E-state index in [1.165, 1.54) is 17.7 Å². The zero-order valence-electron chi connectivity index (χ0n) is 13.1. The first-order valence-corrected chi connectivity index (χ1v) is 7.65. The number of fused-ring (bicyclic) bond motifs is 1. The minimum atomic E-state index is -0.642. The quantitative estimate of drug-likeness (QED) is 0.574. The van der Waals surface area contributed by atoms with Crippen LogP contribution in [0.3, 0.4) is 0 Å².